The number of carboxylic acids is 1. The highest BCUT2D eigenvalue weighted by Gasteiger charge is 2.46. The molecule has 78 valence electrons. The van der Waals surface area contributed by atoms with Crippen molar-refractivity contribution in [2.75, 3.05) is 0 Å². The smallest absolute Gasteiger partial charge is 0.304 e. The quantitative estimate of drug-likeness (QED) is 0.676. The van der Waals surface area contributed by atoms with Gasteiger partial charge in [0.15, 0.2) is 5.79 Å². The van der Waals surface area contributed by atoms with E-state index in [0.29, 0.717) is 0 Å². The van der Waals surface area contributed by atoms with E-state index in [1.165, 1.54) is 0 Å². The van der Waals surface area contributed by atoms with Gasteiger partial charge in [-0.05, 0) is 13.8 Å². The topological polar surface area (TPSA) is 55.8 Å². The molecule has 0 amide bonds. The maximum Gasteiger partial charge on any atom is 0.304 e. The molecular formula is C10H14O4. The van der Waals surface area contributed by atoms with E-state index < -0.39 is 11.8 Å². The molecule has 2 rings (SSSR count). The molecule has 4 nitrogen and oxygen atoms in total. The molecule has 2 aliphatic rings. The third kappa shape index (κ3) is 1.67. The minimum absolute atomic E-state index is 0.0562. The van der Waals surface area contributed by atoms with Crippen LogP contribution in [0.25, 0.3) is 0 Å². The van der Waals surface area contributed by atoms with Crippen LogP contribution in [0.5, 0.6) is 0 Å². The zero-order valence-corrected chi connectivity index (χ0v) is 8.27. The summed E-state index contributed by atoms with van der Waals surface area (Å²) in [6.45, 7) is 3.69. The lowest BCUT2D eigenvalue weighted by Crippen LogP contribution is -2.26. The van der Waals surface area contributed by atoms with Gasteiger partial charge in [0.05, 0.1) is 12.5 Å². The lowest BCUT2D eigenvalue weighted by Gasteiger charge is -2.19. The number of aliphatic carboxylic acids is 1. The van der Waals surface area contributed by atoms with E-state index >= 15 is 0 Å². The fourth-order valence-electron chi connectivity index (χ4n) is 2.04. The molecule has 3 atom stereocenters. The number of fused-ring (bicyclic) bond motifs is 1. The van der Waals surface area contributed by atoms with Crippen molar-refractivity contribution in [1.82, 2.24) is 0 Å². The molecule has 0 saturated carbocycles. The van der Waals surface area contributed by atoms with Crippen molar-refractivity contribution in [2.45, 2.75) is 38.3 Å². The molecule has 1 aliphatic heterocycles. The van der Waals surface area contributed by atoms with Crippen molar-refractivity contribution < 1.29 is 19.4 Å². The summed E-state index contributed by atoms with van der Waals surface area (Å²) in [5, 5.41) is 8.69. The maximum absolute atomic E-state index is 10.6. The monoisotopic (exact) mass is 198 g/mol. The maximum atomic E-state index is 10.6. The predicted molar refractivity (Wildman–Crippen MR) is 48.7 cm³/mol. The minimum atomic E-state index is -0.798. The summed E-state index contributed by atoms with van der Waals surface area (Å²) < 4.78 is 11.2. The van der Waals surface area contributed by atoms with E-state index in [1.807, 2.05) is 26.0 Å². The second-order valence-corrected chi connectivity index (χ2v) is 4.21. The molecule has 0 radical (unpaired) electrons. The van der Waals surface area contributed by atoms with E-state index in [-0.39, 0.29) is 24.5 Å². The van der Waals surface area contributed by atoms with Crippen LogP contribution < -0.4 is 0 Å². The van der Waals surface area contributed by atoms with Crippen LogP contribution in [0.15, 0.2) is 12.2 Å². The Labute approximate surface area is 82.5 Å². The lowest BCUT2D eigenvalue weighted by atomic mass is 10.0. The van der Waals surface area contributed by atoms with Gasteiger partial charge in [-0.3, -0.25) is 4.79 Å². The highest BCUT2D eigenvalue weighted by Crippen LogP contribution is 2.38. The highest BCUT2D eigenvalue weighted by atomic mass is 16.8. The van der Waals surface area contributed by atoms with Crippen LogP contribution in [0.3, 0.4) is 0 Å². The van der Waals surface area contributed by atoms with E-state index in [9.17, 15) is 4.79 Å². The predicted octanol–water partition coefficient (Wildman–Crippen LogP) is 1.17. The molecule has 1 saturated heterocycles. The van der Waals surface area contributed by atoms with Gasteiger partial charge in [-0.25, -0.2) is 0 Å². The summed E-state index contributed by atoms with van der Waals surface area (Å²) in [7, 11) is 0. The number of hydrogen-bond acceptors (Lipinski definition) is 3. The second-order valence-electron chi connectivity index (χ2n) is 4.21. The number of rotatable bonds is 2. The van der Waals surface area contributed by atoms with E-state index in [1.54, 1.807) is 0 Å². The first-order valence-corrected chi connectivity index (χ1v) is 4.74. The average molecular weight is 198 g/mol. The Morgan fingerprint density at radius 3 is 2.79 bits per heavy atom. The molecule has 1 aliphatic carbocycles. The lowest BCUT2D eigenvalue weighted by molar-refractivity contribution is -0.151. The molecular weight excluding hydrogens is 184 g/mol. The molecule has 0 aromatic rings. The summed E-state index contributed by atoms with van der Waals surface area (Å²) >= 11 is 0. The Kier molecular flexibility index (Phi) is 2.12. The van der Waals surface area contributed by atoms with Crippen LogP contribution >= 0.6 is 0 Å². The Balaban J connectivity index is 2.05. The summed E-state index contributed by atoms with van der Waals surface area (Å²) in [5.74, 6) is -1.44. The number of carbonyl (C=O) groups is 1. The third-order valence-corrected chi connectivity index (χ3v) is 2.54. The average Bonchev–Trinajstić information content (AvgIpc) is 2.47. The van der Waals surface area contributed by atoms with Crippen LogP contribution in [-0.4, -0.2) is 29.1 Å². The molecule has 1 heterocycles. The van der Waals surface area contributed by atoms with E-state index in [4.69, 9.17) is 14.6 Å². The molecule has 0 spiro atoms. The Morgan fingerprint density at radius 1 is 1.43 bits per heavy atom. The van der Waals surface area contributed by atoms with Crippen molar-refractivity contribution in [3.05, 3.63) is 12.2 Å². The van der Waals surface area contributed by atoms with Crippen molar-refractivity contribution in [3.8, 4) is 0 Å². The standard InChI is InChI=1S/C10H14O4/c1-10(2)13-7-4-3-6(5-8(11)12)9(7)14-10/h3-4,6-7,9H,5H2,1-2H3,(H,11,12). The summed E-state index contributed by atoms with van der Waals surface area (Å²) in [5.41, 5.74) is 0. The van der Waals surface area contributed by atoms with Gasteiger partial charge in [0.1, 0.15) is 6.10 Å². The molecule has 14 heavy (non-hydrogen) atoms. The van der Waals surface area contributed by atoms with Crippen molar-refractivity contribution in [1.29, 1.82) is 0 Å². The van der Waals surface area contributed by atoms with Gasteiger partial charge >= 0.3 is 5.97 Å². The van der Waals surface area contributed by atoms with Gasteiger partial charge in [-0.1, -0.05) is 12.2 Å². The first kappa shape index (κ1) is 9.68. The van der Waals surface area contributed by atoms with Crippen molar-refractivity contribution in [3.63, 3.8) is 0 Å². The highest BCUT2D eigenvalue weighted by molar-refractivity contribution is 5.67. The zero-order valence-electron chi connectivity index (χ0n) is 8.27. The fourth-order valence-corrected chi connectivity index (χ4v) is 2.04. The Morgan fingerprint density at radius 2 is 2.14 bits per heavy atom. The summed E-state index contributed by atoms with van der Waals surface area (Å²) in [6.07, 6.45) is 3.68. The largest absolute Gasteiger partial charge is 0.481 e. The van der Waals surface area contributed by atoms with Crippen LogP contribution in [-0.2, 0) is 14.3 Å². The van der Waals surface area contributed by atoms with Crippen molar-refractivity contribution in [2.24, 2.45) is 5.92 Å². The van der Waals surface area contributed by atoms with Gasteiger partial charge in [0.2, 0.25) is 0 Å². The fraction of sp³-hybridized carbons (Fsp3) is 0.700. The van der Waals surface area contributed by atoms with Crippen LogP contribution in [0, 0.1) is 5.92 Å². The summed E-state index contributed by atoms with van der Waals surface area (Å²) in [6, 6.07) is 0. The molecule has 0 aromatic carbocycles. The molecule has 3 unspecified atom stereocenters. The third-order valence-electron chi connectivity index (χ3n) is 2.54. The van der Waals surface area contributed by atoms with Gasteiger partial charge in [0, 0.05) is 5.92 Å². The second kappa shape index (κ2) is 3.07. The minimum Gasteiger partial charge on any atom is -0.481 e. The first-order chi connectivity index (χ1) is 6.48. The molecule has 1 fully saturated rings. The van der Waals surface area contributed by atoms with Gasteiger partial charge in [0.25, 0.3) is 0 Å². The van der Waals surface area contributed by atoms with Crippen LogP contribution in [0.4, 0.5) is 0 Å². The van der Waals surface area contributed by atoms with Gasteiger partial charge in [-0.2, -0.15) is 0 Å². The van der Waals surface area contributed by atoms with Crippen LogP contribution in [0.1, 0.15) is 20.3 Å². The van der Waals surface area contributed by atoms with E-state index in [2.05, 4.69) is 0 Å². The normalized spacial score (nSPS) is 38.6. The van der Waals surface area contributed by atoms with Gasteiger partial charge < -0.3 is 14.6 Å². The van der Waals surface area contributed by atoms with E-state index in [0.717, 1.165) is 0 Å². The van der Waals surface area contributed by atoms with Crippen LogP contribution in [0.2, 0.25) is 0 Å². The number of carboxylic acid groups (broad SMARTS) is 1. The first-order valence-electron chi connectivity index (χ1n) is 4.74. The Hall–Kier alpha value is -0.870. The molecule has 1 N–H and O–H groups in total. The molecule has 0 bridgehead atoms. The molecule has 0 aromatic heterocycles. The van der Waals surface area contributed by atoms with Gasteiger partial charge in [-0.15, -0.1) is 0 Å². The SMILES string of the molecule is CC1(C)OC2C=CC(CC(=O)O)C2O1. The summed E-state index contributed by atoms with van der Waals surface area (Å²) in [4.78, 5) is 10.6. The molecule has 4 heteroatoms. The van der Waals surface area contributed by atoms with Crippen molar-refractivity contribution >= 4 is 5.97 Å². The number of ether oxygens (including phenoxy) is 2. The number of hydrogen-bond donors (Lipinski definition) is 1. The zero-order chi connectivity index (χ0) is 10.3. The Bertz CT molecular complexity index is 282.